The fraction of sp³-hybridized carbons (Fsp3) is 0.300. The maximum Gasteiger partial charge on any atom is 0.111 e. The van der Waals surface area contributed by atoms with Gasteiger partial charge >= 0.3 is 0 Å². The Kier molecular flexibility index (Phi) is 2.54. The first kappa shape index (κ1) is 8.63. The number of nitrogens with one attached hydrogen (secondary N) is 1. The Morgan fingerprint density at radius 3 is 3.15 bits per heavy atom. The summed E-state index contributed by atoms with van der Waals surface area (Å²) in [6, 6.07) is 8.33. The standard InChI is InChI=1S/C10H12N2S/c1-2-11-10-7-13-9-6-4-3-5-8(9)12-10/h3-6H,2,7H2,1H3,(H,11,12). The molecule has 1 heterocycles. The molecular formula is C10H12N2S. The molecule has 0 amide bonds. The van der Waals surface area contributed by atoms with Gasteiger partial charge in [0, 0.05) is 11.4 Å². The van der Waals surface area contributed by atoms with E-state index in [0.717, 1.165) is 18.1 Å². The van der Waals surface area contributed by atoms with E-state index in [9.17, 15) is 0 Å². The van der Waals surface area contributed by atoms with E-state index in [2.05, 4.69) is 35.4 Å². The Morgan fingerprint density at radius 1 is 1.46 bits per heavy atom. The van der Waals surface area contributed by atoms with Crippen LogP contribution in [0.15, 0.2) is 34.2 Å². The molecular weight excluding hydrogens is 180 g/mol. The predicted octanol–water partition coefficient (Wildman–Crippen LogP) is 2.62. The molecule has 68 valence electrons. The highest BCUT2D eigenvalue weighted by atomic mass is 32.2. The van der Waals surface area contributed by atoms with E-state index < -0.39 is 0 Å². The van der Waals surface area contributed by atoms with Gasteiger partial charge in [-0.1, -0.05) is 12.1 Å². The van der Waals surface area contributed by atoms with E-state index in [1.54, 1.807) is 0 Å². The number of aliphatic imine (C=N–C) groups is 1. The smallest absolute Gasteiger partial charge is 0.111 e. The number of fused-ring (bicyclic) bond motifs is 1. The van der Waals surface area contributed by atoms with Crippen LogP contribution in [-0.4, -0.2) is 18.1 Å². The Bertz CT molecular complexity index is 333. The van der Waals surface area contributed by atoms with Crippen molar-refractivity contribution in [2.75, 3.05) is 17.6 Å². The highest BCUT2D eigenvalue weighted by Gasteiger charge is 2.11. The molecule has 1 aliphatic heterocycles. The van der Waals surface area contributed by atoms with E-state index in [4.69, 9.17) is 0 Å². The Hall–Kier alpha value is -0.960. The van der Waals surface area contributed by atoms with Crippen molar-refractivity contribution in [2.45, 2.75) is 11.8 Å². The minimum atomic E-state index is 0.852. The number of para-hydroxylation sites is 1. The fourth-order valence-electron chi connectivity index (χ4n) is 1.31. The minimum Gasteiger partial charge on any atom is -0.342 e. The van der Waals surface area contributed by atoms with Crippen LogP contribution in [-0.2, 0) is 0 Å². The van der Waals surface area contributed by atoms with Gasteiger partial charge in [0.1, 0.15) is 5.84 Å². The summed E-state index contributed by atoms with van der Waals surface area (Å²) in [7, 11) is 0. The lowest BCUT2D eigenvalue weighted by molar-refractivity contribution is 1.12. The maximum absolute atomic E-state index is 4.37. The number of nitrogens with zero attached hydrogens (tertiary/aromatic N) is 1. The molecule has 0 aromatic heterocycles. The number of rotatable bonds is 1. The molecule has 1 aliphatic rings. The number of hydrogen-bond donors (Lipinski definition) is 1. The predicted molar refractivity (Wildman–Crippen MR) is 58.8 cm³/mol. The van der Waals surface area contributed by atoms with Gasteiger partial charge in [0.15, 0.2) is 0 Å². The largest absolute Gasteiger partial charge is 0.342 e. The van der Waals surface area contributed by atoms with Gasteiger partial charge in [-0.25, -0.2) is 0 Å². The monoisotopic (exact) mass is 192 g/mol. The van der Waals surface area contributed by atoms with Crippen LogP contribution in [0, 0.1) is 0 Å². The van der Waals surface area contributed by atoms with E-state index in [-0.39, 0.29) is 0 Å². The topological polar surface area (TPSA) is 24.4 Å². The fourth-order valence-corrected chi connectivity index (χ4v) is 2.21. The minimum absolute atomic E-state index is 0.852. The molecule has 1 aromatic carbocycles. The summed E-state index contributed by atoms with van der Waals surface area (Å²) < 4.78 is 0. The lowest BCUT2D eigenvalue weighted by atomic mass is 10.3. The normalized spacial score (nSPS) is 18.1. The van der Waals surface area contributed by atoms with Crippen molar-refractivity contribution in [1.82, 2.24) is 0 Å². The van der Waals surface area contributed by atoms with E-state index in [1.807, 2.05) is 17.8 Å². The summed E-state index contributed by atoms with van der Waals surface area (Å²) in [6.45, 7) is 2.91. The summed E-state index contributed by atoms with van der Waals surface area (Å²) in [5, 5.41) is 3.33. The van der Waals surface area contributed by atoms with Crippen LogP contribution in [0.2, 0.25) is 0 Å². The molecule has 0 fully saturated rings. The molecule has 0 saturated heterocycles. The summed E-state index contributed by atoms with van der Waals surface area (Å²) in [5.74, 6) is 2.05. The third-order valence-corrected chi connectivity index (χ3v) is 2.96. The highest BCUT2D eigenvalue weighted by Crippen LogP contribution is 2.30. The van der Waals surface area contributed by atoms with Crippen molar-refractivity contribution >= 4 is 23.3 Å². The van der Waals surface area contributed by atoms with Crippen molar-refractivity contribution < 1.29 is 0 Å². The molecule has 0 spiro atoms. The quantitative estimate of drug-likeness (QED) is 0.739. The van der Waals surface area contributed by atoms with Crippen LogP contribution < -0.4 is 5.32 Å². The maximum atomic E-state index is 4.37. The summed E-state index contributed by atoms with van der Waals surface area (Å²) in [6.07, 6.45) is 0. The van der Waals surface area contributed by atoms with Gasteiger partial charge in [0.25, 0.3) is 0 Å². The summed E-state index contributed by atoms with van der Waals surface area (Å²) in [5.41, 5.74) is 1.19. The second-order valence-corrected chi connectivity index (χ2v) is 3.85. The third-order valence-electron chi connectivity index (χ3n) is 1.88. The second-order valence-electron chi connectivity index (χ2n) is 2.83. The lowest BCUT2D eigenvalue weighted by Crippen LogP contribution is -2.19. The number of amidine groups is 1. The molecule has 0 unspecified atom stereocenters. The van der Waals surface area contributed by atoms with Crippen LogP contribution >= 0.6 is 11.8 Å². The lowest BCUT2D eigenvalue weighted by Gasteiger charge is -2.18. The molecule has 13 heavy (non-hydrogen) atoms. The third kappa shape index (κ3) is 1.86. The zero-order valence-electron chi connectivity index (χ0n) is 7.58. The van der Waals surface area contributed by atoms with Gasteiger partial charge in [-0.3, -0.25) is 4.99 Å². The van der Waals surface area contributed by atoms with E-state index >= 15 is 0 Å². The zero-order chi connectivity index (χ0) is 9.10. The first-order valence-electron chi connectivity index (χ1n) is 4.42. The highest BCUT2D eigenvalue weighted by molar-refractivity contribution is 8.00. The van der Waals surface area contributed by atoms with Gasteiger partial charge in [-0.15, -0.1) is 11.8 Å². The molecule has 0 aliphatic carbocycles. The molecule has 3 heteroatoms. The Morgan fingerprint density at radius 2 is 2.31 bits per heavy atom. The van der Waals surface area contributed by atoms with Gasteiger partial charge in [0.2, 0.25) is 0 Å². The molecule has 0 saturated carbocycles. The van der Waals surface area contributed by atoms with E-state index in [0.29, 0.717) is 0 Å². The Labute approximate surface area is 82.5 Å². The van der Waals surface area contributed by atoms with Crippen molar-refractivity contribution in [2.24, 2.45) is 4.99 Å². The molecule has 0 bridgehead atoms. The van der Waals surface area contributed by atoms with Crippen LogP contribution in [0.1, 0.15) is 6.92 Å². The van der Waals surface area contributed by atoms with Gasteiger partial charge < -0.3 is 5.32 Å². The van der Waals surface area contributed by atoms with Crippen LogP contribution in [0.4, 0.5) is 5.69 Å². The van der Waals surface area contributed by atoms with Crippen LogP contribution in [0.5, 0.6) is 0 Å². The molecule has 2 nitrogen and oxygen atoms in total. The van der Waals surface area contributed by atoms with Crippen molar-refractivity contribution in [3.8, 4) is 0 Å². The van der Waals surface area contributed by atoms with Crippen LogP contribution in [0.3, 0.4) is 0 Å². The van der Waals surface area contributed by atoms with Gasteiger partial charge in [-0.2, -0.15) is 0 Å². The molecule has 1 aromatic rings. The Balaban J connectivity index is 2.24. The van der Waals surface area contributed by atoms with Crippen LogP contribution in [0.25, 0.3) is 0 Å². The average molecular weight is 192 g/mol. The molecule has 0 radical (unpaired) electrons. The number of benzene rings is 1. The zero-order valence-corrected chi connectivity index (χ0v) is 8.40. The molecule has 0 atom stereocenters. The molecule has 2 rings (SSSR count). The van der Waals surface area contributed by atoms with Crippen molar-refractivity contribution in [3.05, 3.63) is 24.3 Å². The number of hydrogen-bond acceptors (Lipinski definition) is 2. The molecule has 1 N–H and O–H groups in total. The second kappa shape index (κ2) is 3.83. The van der Waals surface area contributed by atoms with Gasteiger partial charge in [-0.05, 0) is 19.1 Å². The first-order valence-corrected chi connectivity index (χ1v) is 5.41. The van der Waals surface area contributed by atoms with Crippen molar-refractivity contribution in [1.29, 1.82) is 0 Å². The van der Waals surface area contributed by atoms with Crippen molar-refractivity contribution in [3.63, 3.8) is 0 Å². The summed E-state index contributed by atoms with van der Waals surface area (Å²) >= 11 is 1.84. The number of anilines is 1. The van der Waals surface area contributed by atoms with Gasteiger partial charge in [0.05, 0.1) is 11.4 Å². The van der Waals surface area contributed by atoms with E-state index in [1.165, 1.54) is 10.6 Å². The number of thioether (sulfide) groups is 1. The SMILES string of the molecule is CCN=C1CSc2ccccc2N1. The first-order chi connectivity index (χ1) is 6.40. The summed E-state index contributed by atoms with van der Waals surface area (Å²) in [4.78, 5) is 5.68. The average Bonchev–Trinajstić information content (AvgIpc) is 2.18.